The molecule has 0 saturated heterocycles. The van der Waals surface area contributed by atoms with Crippen molar-refractivity contribution in [1.82, 2.24) is 14.8 Å². The lowest BCUT2D eigenvalue weighted by atomic mass is 10.1. The van der Waals surface area contributed by atoms with Crippen LogP contribution in [-0.4, -0.2) is 26.4 Å². The molecule has 0 spiro atoms. The number of carbonyl (C=O) groups is 1. The van der Waals surface area contributed by atoms with Crippen molar-refractivity contribution in [3.63, 3.8) is 0 Å². The van der Waals surface area contributed by atoms with E-state index in [0.29, 0.717) is 28.2 Å². The van der Waals surface area contributed by atoms with E-state index < -0.39 is 0 Å². The highest BCUT2D eigenvalue weighted by Crippen LogP contribution is 2.24. The molecule has 0 atom stereocenters. The fourth-order valence-electron chi connectivity index (χ4n) is 2.39. The molecule has 144 valence electrons. The molecule has 0 aliphatic heterocycles. The molecular formula is C19H19N5O2S2. The molecule has 2 aromatic heterocycles. The van der Waals surface area contributed by atoms with Gasteiger partial charge in [0.2, 0.25) is 5.91 Å². The zero-order valence-corrected chi connectivity index (χ0v) is 17.4. The number of ether oxygens (including phenoxy) is 1. The molecule has 1 amide bonds. The van der Waals surface area contributed by atoms with E-state index in [1.54, 1.807) is 11.4 Å². The van der Waals surface area contributed by atoms with E-state index >= 15 is 0 Å². The zero-order valence-electron chi connectivity index (χ0n) is 15.7. The lowest BCUT2D eigenvalue weighted by molar-refractivity contribution is -0.113. The van der Waals surface area contributed by atoms with Crippen molar-refractivity contribution in [2.45, 2.75) is 25.6 Å². The molecular weight excluding hydrogens is 394 g/mol. The number of carbonyl (C=O) groups excluding carboxylic acids is 1. The number of aromatic nitrogens is 3. The maximum atomic E-state index is 12.1. The van der Waals surface area contributed by atoms with Gasteiger partial charge >= 0.3 is 0 Å². The van der Waals surface area contributed by atoms with Gasteiger partial charge in [-0.05, 0) is 42.5 Å². The van der Waals surface area contributed by atoms with Crippen LogP contribution in [0.2, 0.25) is 0 Å². The lowest BCUT2D eigenvalue weighted by Crippen LogP contribution is -2.14. The monoisotopic (exact) mass is 413 g/mol. The largest absolute Gasteiger partial charge is 0.485 e. The predicted molar refractivity (Wildman–Crippen MR) is 110 cm³/mol. The summed E-state index contributed by atoms with van der Waals surface area (Å²) in [5.41, 5.74) is 2.66. The van der Waals surface area contributed by atoms with Gasteiger partial charge in [-0.3, -0.25) is 4.79 Å². The molecule has 1 N–H and O–H groups in total. The summed E-state index contributed by atoms with van der Waals surface area (Å²) in [4.78, 5) is 12.1. The number of aryl methyl sites for hydroxylation is 2. The second-order valence-electron chi connectivity index (χ2n) is 6.13. The Hall–Kier alpha value is -2.83. The SMILES string of the molecule is Cc1ccc(C)c(OCc2nnc(SCC(=O)Nc3sccc3C#N)n2C)c1. The number of nitriles is 1. The minimum Gasteiger partial charge on any atom is -0.485 e. The van der Waals surface area contributed by atoms with E-state index in [9.17, 15) is 4.79 Å². The summed E-state index contributed by atoms with van der Waals surface area (Å²) in [6.45, 7) is 4.31. The number of thioether (sulfide) groups is 1. The van der Waals surface area contributed by atoms with Crippen molar-refractivity contribution >= 4 is 34.0 Å². The third-order valence-corrected chi connectivity index (χ3v) is 5.85. The van der Waals surface area contributed by atoms with E-state index in [-0.39, 0.29) is 11.7 Å². The first-order chi connectivity index (χ1) is 13.5. The van der Waals surface area contributed by atoms with Gasteiger partial charge in [-0.25, -0.2) is 0 Å². The van der Waals surface area contributed by atoms with Gasteiger partial charge in [0.15, 0.2) is 11.0 Å². The van der Waals surface area contributed by atoms with Gasteiger partial charge in [0.05, 0.1) is 11.3 Å². The summed E-state index contributed by atoms with van der Waals surface area (Å²) < 4.78 is 7.69. The summed E-state index contributed by atoms with van der Waals surface area (Å²) >= 11 is 2.61. The minimum absolute atomic E-state index is 0.173. The number of amides is 1. The van der Waals surface area contributed by atoms with Crippen LogP contribution >= 0.6 is 23.1 Å². The average molecular weight is 414 g/mol. The fourth-order valence-corrected chi connectivity index (χ4v) is 3.87. The Morgan fingerprint density at radius 2 is 2.18 bits per heavy atom. The van der Waals surface area contributed by atoms with Gasteiger partial charge in [-0.2, -0.15) is 5.26 Å². The molecule has 0 aliphatic carbocycles. The highest BCUT2D eigenvalue weighted by atomic mass is 32.2. The number of nitrogens with one attached hydrogen (secondary N) is 1. The average Bonchev–Trinajstić information content (AvgIpc) is 3.27. The van der Waals surface area contributed by atoms with Crippen LogP contribution in [0.1, 0.15) is 22.5 Å². The maximum absolute atomic E-state index is 12.1. The van der Waals surface area contributed by atoms with Crippen LogP contribution in [0, 0.1) is 25.2 Å². The Kier molecular flexibility index (Phi) is 6.34. The molecule has 28 heavy (non-hydrogen) atoms. The van der Waals surface area contributed by atoms with E-state index in [2.05, 4.69) is 21.6 Å². The van der Waals surface area contributed by atoms with Crippen LogP contribution in [0.25, 0.3) is 0 Å². The Morgan fingerprint density at radius 3 is 2.96 bits per heavy atom. The van der Waals surface area contributed by atoms with Crippen LogP contribution in [0.3, 0.4) is 0 Å². The van der Waals surface area contributed by atoms with E-state index in [0.717, 1.165) is 16.9 Å². The van der Waals surface area contributed by atoms with Crippen molar-refractivity contribution in [1.29, 1.82) is 5.26 Å². The quantitative estimate of drug-likeness (QED) is 0.594. The Labute approximate surface area is 171 Å². The van der Waals surface area contributed by atoms with Gasteiger partial charge in [0.25, 0.3) is 0 Å². The predicted octanol–water partition coefficient (Wildman–Crippen LogP) is 3.67. The molecule has 0 saturated carbocycles. The minimum atomic E-state index is -0.194. The third-order valence-electron chi connectivity index (χ3n) is 4.00. The molecule has 9 heteroatoms. The van der Waals surface area contributed by atoms with Gasteiger partial charge in [-0.1, -0.05) is 23.9 Å². The number of nitrogens with zero attached hydrogens (tertiary/aromatic N) is 4. The number of hydrogen-bond acceptors (Lipinski definition) is 7. The second kappa shape index (κ2) is 8.91. The fraction of sp³-hybridized carbons (Fsp3) is 0.263. The molecule has 3 aromatic rings. The van der Waals surface area contributed by atoms with Crippen LogP contribution in [0.15, 0.2) is 34.8 Å². The number of hydrogen-bond donors (Lipinski definition) is 1. The Balaban J connectivity index is 1.56. The number of thiophene rings is 1. The second-order valence-corrected chi connectivity index (χ2v) is 7.99. The van der Waals surface area contributed by atoms with Gasteiger partial charge < -0.3 is 14.6 Å². The first-order valence-electron chi connectivity index (χ1n) is 8.46. The molecule has 3 rings (SSSR count). The highest BCUT2D eigenvalue weighted by molar-refractivity contribution is 7.99. The van der Waals surface area contributed by atoms with Crippen LogP contribution in [0.4, 0.5) is 5.00 Å². The van der Waals surface area contributed by atoms with Crippen molar-refractivity contribution < 1.29 is 9.53 Å². The van der Waals surface area contributed by atoms with Crippen molar-refractivity contribution in [2.24, 2.45) is 7.05 Å². The third kappa shape index (κ3) is 4.71. The summed E-state index contributed by atoms with van der Waals surface area (Å²) in [7, 11) is 1.84. The Bertz CT molecular complexity index is 1040. The van der Waals surface area contributed by atoms with E-state index in [1.807, 2.05) is 43.7 Å². The Morgan fingerprint density at radius 1 is 1.36 bits per heavy atom. The van der Waals surface area contributed by atoms with Crippen molar-refractivity contribution in [2.75, 3.05) is 11.1 Å². The summed E-state index contributed by atoms with van der Waals surface area (Å²) in [6, 6.07) is 9.78. The van der Waals surface area contributed by atoms with E-state index in [1.165, 1.54) is 23.1 Å². The molecule has 1 aromatic carbocycles. The van der Waals surface area contributed by atoms with Gasteiger partial charge in [-0.15, -0.1) is 21.5 Å². The maximum Gasteiger partial charge on any atom is 0.235 e. The topological polar surface area (TPSA) is 92.8 Å². The smallest absolute Gasteiger partial charge is 0.235 e. The molecule has 0 bridgehead atoms. The first-order valence-corrected chi connectivity index (χ1v) is 10.3. The van der Waals surface area contributed by atoms with Crippen molar-refractivity contribution in [3.05, 3.63) is 52.2 Å². The highest BCUT2D eigenvalue weighted by Gasteiger charge is 2.14. The standard InChI is InChI=1S/C19H19N5O2S2/c1-12-4-5-13(2)15(8-12)26-10-16-22-23-19(24(16)3)28-11-17(25)21-18-14(9-20)6-7-27-18/h4-8H,10-11H2,1-3H3,(H,21,25). The summed E-state index contributed by atoms with van der Waals surface area (Å²) in [5, 5.41) is 23.0. The lowest BCUT2D eigenvalue weighted by Gasteiger charge is -2.10. The molecule has 7 nitrogen and oxygen atoms in total. The normalized spacial score (nSPS) is 10.5. The van der Waals surface area contributed by atoms with Gasteiger partial charge in [0.1, 0.15) is 23.4 Å². The number of anilines is 1. The molecule has 0 fully saturated rings. The number of benzene rings is 1. The van der Waals surface area contributed by atoms with Crippen molar-refractivity contribution in [3.8, 4) is 11.8 Å². The van der Waals surface area contributed by atoms with Crippen LogP contribution in [-0.2, 0) is 18.4 Å². The van der Waals surface area contributed by atoms with E-state index in [4.69, 9.17) is 10.00 Å². The molecule has 2 heterocycles. The van der Waals surface area contributed by atoms with Crippen LogP contribution in [0.5, 0.6) is 5.75 Å². The first kappa shape index (κ1) is 19.9. The molecule has 0 unspecified atom stereocenters. The zero-order chi connectivity index (χ0) is 20.1. The molecule has 0 radical (unpaired) electrons. The summed E-state index contributed by atoms with van der Waals surface area (Å²) in [5.74, 6) is 1.47. The van der Waals surface area contributed by atoms with Crippen LogP contribution < -0.4 is 10.1 Å². The molecule has 0 aliphatic rings. The van der Waals surface area contributed by atoms with Gasteiger partial charge in [0, 0.05) is 7.05 Å². The summed E-state index contributed by atoms with van der Waals surface area (Å²) in [6.07, 6.45) is 0. The number of rotatable bonds is 7.